The minimum Gasteiger partial charge on any atom is -0.457 e. The molecule has 6 aliphatic rings. The van der Waals surface area contributed by atoms with Gasteiger partial charge in [0.05, 0.1) is 55.3 Å². The van der Waals surface area contributed by atoms with Crippen LogP contribution in [0.3, 0.4) is 0 Å². The van der Waals surface area contributed by atoms with E-state index in [-0.39, 0.29) is 130 Å². The number of fused-ring (bicyclic) bond motifs is 2. The number of benzene rings is 9. The maximum Gasteiger partial charge on any atom is 0.262 e. The topological polar surface area (TPSA) is 210 Å². The molecule has 9 aromatic rings. The van der Waals surface area contributed by atoms with Crippen LogP contribution in [-0.4, -0.2) is 116 Å². The molecular weight excluding hydrogens is 1290 g/mol. The molecule has 0 bridgehead atoms. The molecule has 4 fully saturated rings. The second kappa shape index (κ2) is 28.4. The highest BCUT2D eigenvalue weighted by atomic mass is 16.7. The average Bonchev–Trinajstić information content (AvgIpc) is 1.40. The van der Waals surface area contributed by atoms with Crippen LogP contribution in [0, 0.1) is 11.8 Å². The minimum absolute atomic E-state index is 0.0223. The first-order chi connectivity index (χ1) is 49.4. The molecule has 528 valence electrons. The van der Waals surface area contributed by atoms with Crippen molar-refractivity contribution in [3.8, 4) is 46.0 Å². The van der Waals surface area contributed by atoms with Gasteiger partial charge in [-0.3, -0.25) is 38.6 Å². The number of nitrogens with one attached hydrogen (secondary N) is 2. The van der Waals surface area contributed by atoms with Gasteiger partial charge in [-0.15, -0.1) is 0 Å². The molecule has 2 saturated heterocycles. The van der Waals surface area contributed by atoms with E-state index in [1.165, 1.54) is 0 Å². The van der Waals surface area contributed by atoms with Gasteiger partial charge < -0.3 is 48.5 Å². The zero-order chi connectivity index (χ0) is 70.8. The number of hydrogen-bond acceptors (Lipinski definition) is 14. The van der Waals surface area contributed by atoms with Crippen LogP contribution < -0.4 is 29.6 Å². The van der Waals surface area contributed by atoms with Crippen LogP contribution in [0.25, 0.3) is 43.1 Å². The quantitative estimate of drug-likeness (QED) is 0.0161. The lowest BCUT2D eigenvalue weighted by atomic mass is 9.79. The Bertz CT molecular complexity index is 4480. The molecule has 2 N–H and O–H groups in total. The van der Waals surface area contributed by atoms with Gasteiger partial charge in [0.25, 0.3) is 23.6 Å². The zero-order valence-corrected chi connectivity index (χ0v) is 59.2. The van der Waals surface area contributed by atoms with Crippen molar-refractivity contribution in [1.29, 1.82) is 0 Å². The van der Waals surface area contributed by atoms with Crippen LogP contribution in [0.1, 0.15) is 201 Å². The Morgan fingerprint density at radius 2 is 0.725 bits per heavy atom. The minimum atomic E-state index is -1.22. The zero-order valence-electron chi connectivity index (χ0n) is 59.2. The number of rotatable bonds is 27. The second-order valence-electron chi connectivity index (χ2n) is 29.5. The molecule has 4 heterocycles. The number of carbonyl (C=O) groups excluding carboxylic acids is 6. The second-order valence-corrected chi connectivity index (χ2v) is 29.5. The van der Waals surface area contributed by atoms with Gasteiger partial charge in [0.1, 0.15) is 64.2 Å². The number of ether oxygens (including phenoxy) is 8. The summed E-state index contributed by atoms with van der Waals surface area (Å²) in [6, 6.07) is 35.1. The van der Waals surface area contributed by atoms with Gasteiger partial charge in [-0.2, -0.15) is 0 Å². The SMILES string of the molecule is CC(C)c1ccc(Oc2cc3c4c(cc(Oc5ccc(C(C)C)cc5)c5c6c(Oc7ccc(C(C)C)cc7)cc7c8c(cc(Oc9ccc(C(C)C)cc9)c(c2c45)c86)C(=O)N(C(C(=O)NCCOC2CCO2)C2CCCC2)C7=O)C(=O)N(C(C(=O)NCCOCC2CO2)C2CCCC2)C3=O)cc1. The van der Waals surface area contributed by atoms with Gasteiger partial charge in [-0.25, -0.2) is 0 Å². The molecule has 2 saturated carbocycles. The van der Waals surface area contributed by atoms with E-state index in [0.717, 1.165) is 64.2 Å². The van der Waals surface area contributed by atoms with E-state index in [9.17, 15) is 0 Å². The monoisotopic (exact) mass is 1380 g/mol. The molecule has 4 unspecified atom stereocenters. The van der Waals surface area contributed by atoms with Gasteiger partial charge in [-0.1, -0.05) is 130 Å². The fourth-order valence-corrected chi connectivity index (χ4v) is 15.7. The molecule has 102 heavy (non-hydrogen) atoms. The number of epoxide rings is 1. The molecule has 18 nitrogen and oxygen atoms in total. The lowest BCUT2D eigenvalue weighted by Gasteiger charge is -2.38. The van der Waals surface area contributed by atoms with Crippen molar-refractivity contribution >= 4 is 78.5 Å². The van der Waals surface area contributed by atoms with Crippen LogP contribution >= 0.6 is 0 Å². The largest absolute Gasteiger partial charge is 0.457 e. The van der Waals surface area contributed by atoms with Crippen LogP contribution in [0.2, 0.25) is 0 Å². The maximum atomic E-state index is 16.5. The Morgan fingerprint density at radius 3 is 1.00 bits per heavy atom. The van der Waals surface area contributed by atoms with Gasteiger partial charge in [0, 0.05) is 62.6 Å². The molecular formula is C84H88N4O14. The van der Waals surface area contributed by atoms with E-state index in [1.54, 1.807) is 24.3 Å². The van der Waals surface area contributed by atoms with Crippen molar-refractivity contribution < 1.29 is 66.7 Å². The van der Waals surface area contributed by atoms with Crippen LogP contribution in [0.15, 0.2) is 121 Å². The summed E-state index contributed by atoms with van der Waals surface area (Å²) in [5.74, 6) is -1.57. The lowest BCUT2D eigenvalue weighted by molar-refractivity contribution is -0.213. The Balaban J connectivity index is 1.04. The van der Waals surface area contributed by atoms with E-state index < -0.39 is 47.5 Å². The third kappa shape index (κ3) is 13.0. The van der Waals surface area contributed by atoms with Crippen molar-refractivity contribution in [2.24, 2.45) is 11.8 Å². The first-order valence-electron chi connectivity index (χ1n) is 36.6. The summed E-state index contributed by atoms with van der Waals surface area (Å²) in [5.41, 5.74) is 4.56. The molecule has 4 atom stereocenters. The number of amides is 6. The summed E-state index contributed by atoms with van der Waals surface area (Å²) < 4.78 is 52.0. The highest BCUT2D eigenvalue weighted by Crippen LogP contribution is 2.59. The standard InChI is InChI=1S/C84H88N4O14/c1-45(2)49-17-25-55(26-18-49)99-64-39-60-69-61(82(92)87(81(60)91)77(53-13-9-10-14-53)79(89)85-34-37-95-43-59-44-98-59)40-65(100-56-27-19-50(20-28-56)46(3)4)72-74-67(102-58-31-23-52(24-32-58)48(7)8)42-63-70-62(41-66(73(76(70)74)71(64)75(69)72)101-57-29-21-51(22-30-57)47(5)6)83(93)88(84(63)94)78(54-15-11-12-16-54)80(90)86-35-38-97-68-33-36-96-68/h17-32,39-42,45-48,53-54,59,68,77-78H,9-16,33-38,43-44H2,1-8H3,(H,85,89)(H,86,90). The molecule has 6 amide bonds. The number of imide groups is 2. The van der Waals surface area contributed by atoms with Crippen molar-refractivity contribution in [2.45, 2.75) is 161 Å². The van der Waals surface area contributed by atoms with E-state index in [1.807, 2.05) is 97.1 Å². The number of carbonyl (C=O) groups is 6. The smallest absolute Gasteiger partial charge is 0.262 e. The summed E-state index contributed by atoms with van der Waals surface area (Å²) in [6.45, 7) is 19.1. The fourth-order valence-electron chi connectivity index (χ4n) is 15.7. The normalized spacial score (nSPS) is 18.3. The number of nitrogens with zero attached hydrogens (tertiary/aromatic N) is 2. The highest BCUT2D eigenvalue weighted by Gasteiger charge is 2.49. The van der Waals surface area contributed by atoms with Crippen molar-refractivity contribution in [2.75, 3.05) is 46.1 Å². The predicted molar refractivity (Wildman–Crippen MR) is 389 cm³/mol. The summed E-state index contributed by atoms with van der Waals surface area (Å²) in [4.78, 5) is 98.5. The van der Waals surface area contributed by atoms with Gasteiger partial charge in [-0.05, 0) is 156 Å². The Hall–Kier alpha value is -9.46. The van der Waals surface area contributed by atoms with Crippen LogP contribution in [0.5, 0.6) is 46.0 Å². The Morgan fingerprint density at radius 1 is 0.422 bits per heavy atom. The molecule has 9 aromatic carbocycles. The first kappa shape index (κ1) is 68.3. The summed E-state index contributed by atoms with van der Waals surface area (Å²) in [7, 11) is 0. The van der Waals surface area contributed by atoms with Gasteiger partial charge in [0.15, 0.2) is 6.29 Å². The van der Waals surface area contributed by atoms with Gasteiger partial charge in [0.2, 0.25) is 11.8 Å². The van der Waals surface area contributed by atoms with E-state index in [0.29, 0.717) is 101 Å². The molecule has 0 aromatic heterocycles. The molecule has 2 aliphatic carbocycles. The van der Waals surface area contributed by atoms with E-state index in [2.05, 4.69) is 66.0 Å². The third-order valence-corrected chi connectivity index (χ3v) is 21.5. The third-order valence-electron chi connectivity index (χ3n) is 21.5. The number of hydrogen-bond donors (Lipinski definition) is 2. The Kier molecular flexibility index (Phi) is 19.0. The molecule has 0 radical (unpaired) electrons. The molecule has 4 aliphatic heterocycles. The van der Waals surface area contributed by atoms with Gasteiger partial charge >= 0.3 is 0 Å². The van der Waals surface area contributed by atoms with Crippen LogP contribution in [0.4, 0.5) is 0 Å². The lowest BCUT2D eigenvalue weighted by Crippen LogP contribution is -2.56. The fraction of sp³-hybridized carbons (Fsp3) is 0.405. The van der Waals surface area contributed by atoms with E-state index in [4.69, 9.17) is 37.9 Å². The maximum absolute atomic E-state index is 16.5. The highest BCUT2D eigenvalue weighted by molar-refractivity contribution is 6.45. The van der Waals surface area contributed by atoms with Crippen molar-refractivity contribution in [3.63, 3.8) is 0 Å². The van der Waals surface area contributed by atoms with Crippen molar-refractivity contribution in [3.05, 3.63) is 166 Å². The summed E-state index contributed by atoms with van der Waals surface area (Å²) in [5, 5.41) is 8.71. The molecule has 0 spiro atoms. The summed E-state index contributed by atoms with van der Waals surface area (Å²) >= 11 is 0. The Labute approximate surface area is 593 Å². The van der Waals surface area contributed by atoms with Crippen LogP contribution in [-0.2, 0) is 28.5 Å². The predicted octanol–water partition coefficient (Wildman–Crippen LogP) is 17.1. The average molecular weight is 1380 g/mol. The van der Waals surface area contributed by atoms with E-state index >= 15 is 28.8 Å². The summed E-state index contributed by atoms with van der Waals surface area (Å²) in [6.07, 6.45) is 6.03. The van der Waals surface area contributed by atoms with Crippen molar-refractivity contribution in [1.82, 2.24) is 20.4 Å². The first-order valence-corrected chi connectivity index (χ1v) is 36.6. The molecule has 15 rings (SSSR count). The molecule has 18 heteroatoms.